The molecule has 0 saturated heterocycles. The Morgan fingerprint density at radius 2 is 1.89 bits per heavy atom. The maximum Gasteiger partial charge on any atom is 0.0439 e. The quantitative estimate of drug-likeness (QED) is 0.808. The van der Waals surface area contributed by atoms with Gasteiger partial charge >= 0.3 is 0 Å². The van der Waals surface area contributed by atoms with Crippen molar-refractivity contribution < 1.29 is 0 Å². The van der Waals surface area contributed by atoms with Gasteiger partial charge in [-0.2, -0.15) is 0 Å². The summed E-state index contributed by atoms with van der Waals surface area (Å²) in [6.45, 7) is 9.84. The molecule has 0 amide bonds. The molecule has 18 heavy (non-hydrogen) atoms. The first-order valence-corrected chi connectivity index (χ1v) is 7.22. The van der Waals surface area contributed by atoms with E-state index in [0.717, 1.165) is 35.0 Å². The van der Waals surface area contributed by atoms with Crippen LogP contribution in [-0.2, 0) is 6.42 Å². The van der Waals surface area contributed by atoms with E-state index in [1.54, 1.807) is 0 Å². The van der Waals surface area contributed by atoms with Crippen molar-refractivity contribution >= 4 is 23.2 Å². The van der Waals surface area contributed by atoms with E-state index in [9.17, 15) is 0 Å². The lowest BCUT2D eigenvalue weighted by Gasteiger charge is -2.22. The summed E-state index contributed by atoms with van der Waals surface area (Å²) in [5.74, 6) is 0.593. The molecule has 1 rings (SSSR count). The molecule has 0 aliphatic rings. The van der Waals surface area contributed by atoms with Crippen molar-refractivity contribution in [1.29, 1.82) is 0 Å². The van der Waals surface area contributed by atoms with Crippen LogP contribution in [0.25, 0.3) is 0 Å². The highest BCUT2D eigenvalue weighted by atomic mass is 35.5. The molecule has 3 heteroatoms. The molecule has 0 saturated carbocycles. The van der Waals surface area contributed by atoms with Gasteiger partial charge in [-0.05, 0) is 69.8 Å². The topological polar surface area (TPSA) is 12.0 Å². The Bertz CT molecular complexity index is 383. The molecular weight excluding hydrogens is 265 g/mol. The van der Waals surface area contributed by atoms with Crippen LogP contribution in [0.5, 0.6) is 0 Å². The van der Waals surface area contributed by atoms with Crippen LogP contribution in [0.2, 0.25) is 10.0 Å². The van der Waals surface area contributed by atoms with Gasteiger partial charge in [-0.15, -0.1) is 0 Å². The minimum Gasteiger partial charge on any atom is -0.312 e. The zero-order chi connectivity index (χ0) is 13.8. The molecule has 0 aromatic heterocycles. The zero-order valence-electron chi connectivity index (χ0n) is 11.7. The summed E-state index contributed by atoms with van der Waals surface area (Å²) in [5, 5.41) is 5.08. The molecule has 102 valence electrons. The lowest BCUT2D eigenvalue weighted by atomic mass is 9.97. The van der Waals surface area contributed by atoms with Crippen molar-refractivity contribution in [3.63, 3.8) is 0 Å². The highest BCUT2D eigenvalue weighted by molar-refractivity contribution is 6.33. The molecule has 1 aromatic carbocycles. The summed E-state index contributed by atoms with van der Waals surface area (Å²) < 4.78 is 0. The van der Waals surface area contributed by atoms with Gasteiger partial charge in [0.1, 0.15) is 0 Å². The molecule has 0 aliphatic carbocycles. The molecule has 0 heterocycles. The Morgan fingerprint density at radius 3 is 2.50 bits per heavy atom. The van der Waals surface area contributed by atoms with Gasteiger partial charge in [0.15, 0.2) is 0 Å². The van der Waals surface area contributed by atoms with Crippen LogP contribution in [-0.4, -0.2) is 12.1 Å². The average molecular weight is 288 g/mol. The minimum atomic E-state index is 0.188. The number of nitrogens with one attached hydrogen (secondary N) is 1. The first kappa shape index (κ1) is 15.8. The summed E-state index contributed by atoms with van der Waals surface area (Å²) >= 11 is 12.2. The van der Waals surface area contributed by atoms with Gasteiger partial charge in [0.25, 0.3) is 0 Å². The largest absolute Gasteiger partial charge is 0.312 e. The van der Waals surface area contributed by atoms with Gasteiger partial charge in [0.2, 0.25) is 0 Å². The highest BCUT2D eigenvalue weighted by Crippen LogP contribution is 2.24. The van der Waals surface area contributed by atoms with Crippen molar-refractivity contribution in [1.82, 2.24) is 5.32 Å². The van der Waals surface area contributed by atoms with Crippen molar-refractivity contribution in [3.8, 4) is 0 Å². The summed E-state index contributed by atoms with van der Waals surface area (Å²) in [4.78, 5) is 0. The van der Waals surface area contributed by atoms with Crippen molar-refractivity contribution in [2.24, 2.45) is 5.92 Å². The first-order chi connectivity index (χ1) is 8.28. The summed E-state index contributed by atoms with van der Waals surface area (Å²) in [6.07, 6.45) is 2.12. The fourth-order valence-corrected chi connectivity index (χ4v) is 2.26. The number of benzene rings is 1. The normalized spacial score (nSPS) is 13.7. The molecular formula is C15H23Cl2N. The third kappa shape index (κ3) is 6.08. The van der Waals surface area contributed by atoms with Crippen LogP contribution < -0.4 is 5.32 Å². The maximum atomic E-state index is 6.17. The van der Waals surface area contributed by atoms with Crippen LogP contribution in [0, 0.1) is 5.92 Å². The monoisotopic (exact) mass is 287 g/mol. The molecule has 0 spiro atoms. The third-order valence-corrected chi connectivity index (χ3v) is 3.47. The van der Waals surface area contributed by atoms with Crippen molar-refractivity contribution in [2.75, 3.05) is 6.54 Å². The van der Waals surface area contributed by atoms with E-state index in [2.05, 4.69) is 33.0 Å². The van der Waals surface area contributed by atoms with Gasteiger partial charge < -0.3 is 5.32 Å². The Balaban J connectivity index is 2.44. The van der Waals surface area contributed by atoms with E-state index < -0.39 is 0 Å². The molecule has 1 N–H and O–H groups in total. The Morgan fingerprint density at radius 1 is 1.22 bits per heavy atom. The van der Waals surface area contributed by atoms with E-state index in [4.69, 9.17) is 23.2 Å². The van der Waals surface area contributed by atoms with E-state index in [1.807, 2.05) is 18.2 Å². The van der Waals surface area contributed by atoms with E-state index in [0.29, 0.717) is 5.92 Å². The van der Waals surface area contributed by atoms with Crippen LogP contribution in [0.1, 0.15) is 39.7 Å². The first-order valence-electron chi connectivity index (χ1n) is 6.47. The van der Waals surface area contributed by atoms with Crippen LogP contribution in [0.15, 0.2) is 18.2 Å². The molecule has 1 nitrogen and oxygen atoms in total. The van der Waals surface area contributed by atoms with E-state index >= 15 is 0 Å². The highest BCUT2D eigenvalue weighted by Gasteiger charge is 2.11. The second kappa shape index (κ2) is 6.79. The second-order valence-corrected chi connectivity index (χ2v) is 6.85. The lowest BCUT2D eigenvalue weighted by molar-refractivity contribution is 0.394. The summed E-state index contributed by atoms with van der Waals surface area (Å²) in [5.41, 5.74) is 1.33. The fourth-order valence-electron chi connectivity index (χ4n) is 1.87. The number of rotatable bonds is 5. The summed E-state index contributed by atoms with van der Waals surface area (Å²) in [6, 6.07) is 5.68. The van der Waals surface area contributed by atoms with Gasteiger partial charge in [-0.3, -0.25) is 0 Å². The Labute approximate surface area is 121 Å². The standard InChI is InChI=1S/C15H23Cl2N/c1-11(7-8-18-15(2,3)4)9-12-10-13(16)5-6-14(12)17/h5-6,10-11,18H,7-9H2,1-4H3. The predicted molar refractivity (Wildman–Crippen MR) is 81.7 cm³/mol. The SMILES string of the molecule is CC(CCNC(C)(C)C)Cc1cc(Cl)ccc1Cl. The minimum absolute atomic E-state index is 0.188. The van der Waals surface area contributed by atoms with E-state index in [1.165, 1.54) is 0 Å². The van der Waals surface area contributed by atoms with Crippen molar-refractivity contribution in [2.45, 2.75) is 46.1 Å². The molecule has 0 aliphatic heterocycles. The molecule has 0 radical (unpaired) electrons. The molecule has 0 bridgehead atoms. The predicted octanol–water partition coefficient (Wildman–Crippen LogP) is 4.95. The van der Waals surface area contributed by atoms with Crippen LogP contribution >= 0.6 is 23.2 Å². The fraction of sp³-hybridized carbons (Fsp3) is 0.600. The van der Waals surface area contributed by atoms with Crippen LogP contribution in [0.4, 0.5) is 0 Å². The second-order valence-electron chi connectivity index (χ2n) is 6.01. The van der Waals surface area contributed by atoms with Gasteiger partial charge in [-0.25, -0.2) is 0 Å². The average Bonchev–Trinajstić information content (AvgIpc) is 2.21. The van der Waals surface area contributed by atoms with E-state index in [-0.39, 0.29) is 5.54 Å². The van der Waals surface area contributed by atoms with Gasteiger partial charge in [0, 0.05) is 15.6 Å². The van der Waals surface area contributed by atoms with Gasteiger partial charge in [-0.1, -0.05) is 30.1 Å². The third-order valence-electron chi connectivity index (χ3n) is 2.87. The molecule has 1 unspecified atom stereocenters. The number of hydrogen-bond acceptors (Lipinski definition) is 1. The Hall–Kier alpha value is -0.240. The van der Waals surface area contributed by atoms with Gasteiger partial charge in [0.05, 0.1) is 0 Å². The lowest BCUT2D eigenvalue weighted by Crippen LogP contribution is -2.37. The smallest absolute Gasteiger partial charge is 0.0439 e. The van der Waals surface area contributed by atoms with Crippen molar-refractivity contribution in [3.05, 3.63) is 33.8 Å². The molecule has 0 fully saturated rings. The summed E-state index contributed by atoms with van der Waals surface area (Å²) in [7, 11) is 0. The maximum absolute atomic E-state index is 6.17. The zero-order valence-corrected chi connectivity index (χ0v) is 13.2. The molecule has 1 aromatic rings. The number of halogens is 2. The van der Waals surface area contributed by atoms with Crippen LogP contribution in [0.3, 0.4) is 0 Å². The Kier molecular flexibility index (Phi) is 5.97. The number of hydrogen-bond donors (Lipinski definition) is 1. The molecule has 1 atom stereocenters.